The van der Waals surface area contributed by atoms with Crippen molar-refractivity contribution < 1.29 is 23.9 Å². The first-order valence-corrected chi connectivity index (χ1v) is 15.2. The fourth-order valence-electron chi connectivity index (χ4n) is 4.50. The second kappa shape index (κ2) is 10.9. The van der Waals surface area contributed by atoms with Gasteiger partial charge in [0.2, 0.25) is 5.91 Å². The Morgan fingerprint density at radius 2 is 1.49 bits per heavy atom. The topological polar surface area (TPSA) is 84.0 Å². The molecule has 0 aromatic heterocycles. The van der Waals surface area contributed by atoms with Gasteiger partial charge in [-0.1, -0.05) is 23.2 Å². The molecule has 1 fully saturated rings. The van der Waals surface area contributed by atoms with E-state index in [0.29, 0.717) is 44.9 Å². The summed E-state index contributed by atoms with van der Waals surface area (Å²) in [6, 6.07) is 9.39. The monoisotopic (exact) mass is 820 g/mol. The van der Waals surface area contributed by atoms with Gasteiger partial charge in [0.15, 0.2) is 0 Å². The molecule has 0 aliphatic carbocycles. The summed E-state index contributed by atoms with van der Waals surface area (Å²) in [5.74, 6) is -2.33. The molecule has 3 aromatic rings. The first-order valence-electron chi connectivity index (χ1n) is 11.2. The Bertz CT molecular complexity index is 1580. The molecule has 1 atom stereocenters. The highest BCUT2D eigenvalue weighted by molar-refractivity contribution is 9.15. The smallest absolute Gasteiger partial charge is 0.316 e. The van der Waals surface area contributed by atoms with Crippen LogP contribution in [0.15, 0.2) is 54.3 Å². The molecule has 0 radical (unpaired) electrons. The Hall–Kier alpha value is -1.76. The number of nitrogens with zero attached hydrogens (tertiary/aromatic N) is 2. The lowest BCUT2D eigenvalue weighted by molar-refractivity contribution is -0.139. The van der Waals surface area contributed by atoms with Gasteiger partial charge in [0.1, 0.15) is 5.75 Å². The Morgan fingerprint density at radius 1 is 0.872 bits per heavy atom. The van der Waals surface area contributed by atoms with Crippen molar-refractivity contribution in [3.05, 3.63) is 81.0 Å². The van der Waals surface area contributed by atoms with E-state index >= 15 is 0 Å². The van der Waals surface area contributed by atoms with Crippen molar-refractivity contribution in [2.75, 3.05) is 16.3 Å². The number of rotatable bonds is 4. The van der Waals surface area contributed by atoms with Gasteiger partial charge in [0, 0.05) is 35.9 Å². The molecule has 1 saturated heterocycles. The predicted molar refractivity (Wildman–Crippen MR) is 162 cm³/mol. The lowest BCUT2D eigenvalue weighted by atomic mass is 10.1. The quantitative estimate of drug-likeness (QED) is 0.0874. The van der Waals surface area contributed by atoms with Gasteiger partial charge in [-0.15, -0.1) is 0 Å². The number of esters is 1. The van der Waals surface area contributed by atoms with E-state index in [2.05, 4.69) is 63.7 Å². The average Bonchev–Trinajstić information content (AvgIpc) is 3.40. The summed E-state index contributed by atoms with van der Waals surface area (Å²) in [5, 5.41) is 0.766. The van der Waals surface area contributed by atoms with Crippen molar-refractivity contribution in [1.82, 2.24) is 0 Å². The number of imide groups is 1. The first-order chi connectivity index (χ1) is 18.4. The van der Waals surface area contributed by atoms with Crippen molar-refractivity contribution in [2.24, 2.45) is 5.92 Å². The number of hydrogen-bond acceptors (Lipinski definition) is 5. The van der Waals surface area contributed by atoms with Crippen LogP contribution in [-0.2, 0) is 9.59 Å². The lowest BCUT2D eigenvalue weighted by Crippen LogP contribution is -2.30. The molecular formula is C26H14Br4Cl2N2O5. The zero-order chi connectivity index (χ0) is 28.3. The van der Waals surface area contributed by atoms with Crippen LogP contribution in [0.5, 0.6) is 5.75 Å². The minimum atomic E-state index is -0.713. The van der Waals surface area contributed by atoms with E-state index in [1.165, 1.54) is 11.0 Å². The van der Waals surface area contributed by atoms with Crippen LogP contribution in [0.2, 0.25) is 10.0 Å². The lowest BCUT2D eigenvalue weighted by Gasteiger charge is -2.19. The summed E-state index contributed by atoms with van der Waals surface area (Å²) in [7, 11) is 0. The molecule has 0 saturated carbocycles. The second-order valence-corrected chi connectivity index (χ2v) is 12.8. The van der Waals surface area contributed by atoms with E-state index in [-0.39, 0.29) is 35.7 Å². The van der Waals surface area contributed by atoms with Gasteiger partial charge in [-0.3, -0.25) is 19.2 Å². The maximum absolute atomic E-state index is 13.3. The molecule has 13 heteroatoms. The van der Waals surface area contributed by atoms with Gasteiger partial charge < -0.3 is 9.64 Å². The highest BCUT2D eigenvalue weighted by Gasteiger charge is 2.42. The van der Waals surface area contributed by atoms with Crippen molar-refractivity contribution >= 4 is 122 Å². The van der Waals surface area contributed by atoms with E-state index in [1.54, 1.807) is 37.3 Å². The van der Waals surface area contributed by atoms with Crippen LogP contribution in [0.3, 0.4) is 0 Å². The van der Waals surface area contributed by atoms with Crippen LogP contribution in [0.1, 0.15) is 32.7 Å². The van der Waals surface area contributed by atoms with E-state index in [1.807, 2.05) is 0 Å². The number of carbonyl (C=O) groups is 4. The molecule has 2 aliphatic rings. The van der Waals surface area contributed by atoms with E-state index in [4.69, 9.17) is 27.9 Å². The molecule has 0 unspecified atom stereocenters. The summed E-state index contributed by atoms with van der Waals surface area (Å²) in [5.41, 5.74) is 1.78. The molecule has 5 rings (SSSR count). The number of anilines is 2. The Labute approximate surface area is 266 Å². The minimum absolute atomic E-state index is 0.0390. The van der Waals surface area contributed by atoms with Gasteiger partial charge in [-0.2, -0.15) is 0 Å². The van der Waals surface area contributed by atoms with Gasteiger partial charge in [0.05, 0.1) is 33.4 Å². The number of ether oxygens (including phenoxy) is 1. The fourth-order valence-corrected chi connectivity index (χ4v) is 7.34. The van der Waals surface area contributed by atoms with Crippen molar-refractivity contribution in [2.45, 2.75) is 13.3 Å². The van der Waals surface area contributed by atoms with Crippen LogP contribution in [0.25, 0.3) is 0 Å². The molecule has 0 spiro atoms. The fraction of sp³-hybridized carbons (Fsp3) is 0.154. The number of halogens is 6. The van der Waals surface area contributed by atoms with E-state index < -0.39 is 23.7 Å². The summed E-state index contributed by atoms with van der Waals surface area (Å²) in [6.07, 6.45) is -0.0390. The molecular weight excluding hydrogens is 811 g/mol. The van der Waals surface area contributed by atoms with Gasteiger partial charge >= 0.3 is 5.97 Å². The van der Waals surface area contributed by atoms with E-state index in [9.17, 15) is 19.2 Å². The van der Waals surface area contributed by atoms with Crippen LogP contribution in [-0.4, -0.2) is 30.2 Å². The molecule has 0 bridgehead atoms. The van der Waals surface area contributed by atoms with Gasteiger partial charge in [0.25, 0.3) is 11.8 Å². The number of hydrogen-bond donors (Lipinski definition) is 0. The largest absolute Gasteiger partial charge is 0.426 e. The second-order valence-electron chi connectivity index (χ2n) is 8.82. The Morgan fingerprint density at radius 3 is 2.08 bits per heavy atom. The Kier molecular flexibility index (Phi) is 8.04. The zero-order valence-corrected chi connectivity index (χ0v) is 27.5. The third-order valence-corrected chi connectivity index (χ3v) is 11.7. The van der Waals surface area contributed by atoms with Gasteiger partial charge in [-0.05, 0) is 113 Å². The van der Waals surface area contributed by atoms with Crippen molar-refractivity contribution in [3.63, 3.8) is 0 Å². The molecule has 200 valence electrons. The number of amides is 3. The summed E-state index contributed by atoms with van der Waals surface area (Å²) < 4.78 is 7.67. The highest BCUT2D eigenvalue weighted by atomic mass is 79.9. The molecule has 2 aliphatic heterocycles. The van der Waals surface area contributed by atoms with Crippen LogP contribution < -0.4 is 14.5 Å². The number of aryl methyl sites for hydroxylation is 1. The first kappa shape index (κ1) is 28.8. The summed E-state index contributed by atoms with van der Waals surface area (Å²) in [6.45, 7) is 1.80. The van der Waals surface area contributed by atoms with Crippen LogP contribution >= 0.6 is 86.9 Å². The van der Waals surface area contributed by atoms with Crippen LogP contribution in [0, 0.1) is 12.8 Å². The molecule has 39 heavy (non-hydrogen) atoms. The number of carbonyl (C=O) groups excluding carboxylic acids is 4. The average molecular weight is 825 g/mol. The zero-order valence-electron chi connectivity index (χ0n) is 19.7. The number of fused-ring (bicyclic) bond motifs is 1. The minimum Gasteiger partial charge on any atom is -0.426 e. The molecule has 7 nitrogen and oxygen atoms in total. The van der Waals surface area contributed by atoms with Gasteiger partial charge in [-0.25, -0.2) is 4.90 Å². The van der Waals surface area contributed by atoms with Crippen LogP contribution in [0.4, 0.5) is 11.4 Å². The molecule has 3 aromatic carbocycles. The normalized spacial score (nSPS) is 16.8. The van der Waals surface area contributed by atoms with Crippen molar-refractivity contribution in [3.8, 4) is 5.75 Å². The SMILES string of the molecule is Cc1cc(OC(=O)[C@H]2CC(=O)N(c3cc(Cl)ccc3Cl)C2)ccc1N1C(=O)c2c(Br)c(Br)c(Br)c(Br)c2C1=O. The van der Waals surface area contributed by atoms with E-state index in [0.717, 1.165) is 4.90 Å². The standard InChI is InChI=1S/C26H14Br4Cl2N2O5/c1-10-6-13(39-26(38)11-7-17(35)33(9-11)16-8-12(31)2-4-14(16)32)3-5-15(10)34-24(36)18-19(25(34)37)21(28)23(30)22(29)20(18)27/h2-6,8,11H,7,9H2,1H3/t11-/m0/s1. The highest BCUT2D eigenvalue weighted by Crippen LogP contribution is 2.46. The summed E-state index contributed by atoms with van der Waals surface area (Å²) in [4.78, 5) is 54.7. The van der Waals surface area contributed by atoms with Crippen molar-refractivity contribution in [1.29, 1.82) is 0 Å². The molecule has 0 N–H and O–H groups in total. The maximum Gasteiger partial charge on any atom is 0.316 e. The summed E-state index contributed by atoms with van der Waals surface area (Å²) >= 11 is 25.9. The number of benzene rings is 3. The maximum atomic E-state index is 13.3. The molecule has 2 heterocycles. The third kappa shape index (κ3) is 4.99. The third-order valence-electron chi connectivity index (χ3n) is 6.39. The Balaban J connectivity index is 1.35. The molecule has 3 amide bonds. The predicted octanol–water partition coefficient (Wildman–Crippen LogP) is 8.11.